The third-order valence-electron chi connectivity index (χ3n) is 1.50. The number of hydrogen-bond donors (Lipinski definition) is 0. The van der Waals surface area contributed by atoms with Crippen molar-refractivity contribution in [3.05, 3.63) is 29.5 Å². The van der Waals surface area contributed by atoms with Crippen LogP contribution in [-0.2, 0) is 21.7 Å². The summed E-state index contributed by atoms with van der Waals surface area (Å²) in [6, 6.07) is 0. The molecule has 0 unspecified atom stereocenters. The standard InChI is InChI=1S/C9H13.C4H10N.C2H7Si.Ti.2H/c1-9(2,3)8-6-4-5-7-8;1-4(2,3)5;1-3-2;;;/h4,6H,5H2,1-3H3;5H,1-3H3;3H,1-2H3;;;/q2*-1;;;;. The van der Waals surface area contributed by atoms with Crippen molar-refractivity contribution in [1.29, 1.82) is 0 Å². The van der Waals surface area contributed by atoms with Gasteiger partial charge in [-0.25, -0.2) is 11.6 Å². The minimum absolute atomic E-state index is 0. The summed E-state index contributed by atoms with van der Waals surface area (Å²) in [5.41, 5.74) is 8.34. The Morgan fingerprint density at radius 1 is 1.11 bits per heavy atom. The molecule has 0 saturated carbocycles. The van der Waals surface area contributed by atoms with Crippen molar-refractivity contribution in [2.45, 2.75) is 66.6 Å². The zero-order chi connectivity index (χ0) is 14.1. The maximum atomic E-state index is 6.94. The first-order valence-corrected chi connectivity index (χ1v) is 8.60. The number of rotatable bonds is 0. The van der Waals surface area contributed by atoms with Gasteiger partial charge in [-0.1, -0.05) is 54.6 Å². The van der Waals surface area contributed by atoms with Crippen molar-refractivity contribution >= 4 is 9.52 Å². The zero-order valence-corrected chi connectivity index (χ0v) is 17.0. The molecular weight excluding hydrogens is 270 g/mol. The fourth-order valence-corrected chi connectivity index (χ4v) is 0.920. The van der Waals surface area contributed by atoms with Gasteiger partial charge in [0.25, 0.3) is 0 Å². The second-order valence-corrected chi connectivity index (χ2v) is 7.43. The van der Waals surface area contributed by atoms with E-state index in [-0.39, 0.29) is 27.3 Å². The molecule has 18 heavy (non-hydrogen) atoms. The molecule has 0 amide bonds. The molecule has 0 heterocycles. The van der Waals surface area contributed by atoms with Crippen LogP contribution in [0.2, 0.25) is 13.1 Å². The normalized spacial score (nSPS) is 13.5. The topological polar surface area (TPSA) is 23.8 Å². The van der Waals surface area contributed by atoms with Crippen molar-refractivity contribution in [2.75, 3.05) is 0 Å². The molecule has 1 aliphatic rings. The Balaban J connectivity index is -0.000000216. The summed E-state index contributed by atoms with van der Waals surface area (Å²) in [6.45, 7) is 16.6. The van der Waals surface area contributed by atoms with Gasteiger partial charge in [0, 0.05) is 9.52 Å². The summed E-state index contributed by atoms with van der Waals surface area (Å²) in [4.78, 5) is 0. The van der Waals surface area contributed by atoms with Gasteiger partial charge >= 0.3 is 21.7 Å². The van der Waals surface area contributed by atoms with Crippen molar-refractivity contribution in [1.82, 2.24) is 0 Å². The van der Waals surface area contributed by atoms with Crippen LogP contribution in [0.15, 0.2) is 17.7 Å². The van der Waals surface area contributed by atoms with Crippen LogP contribution in [0.4, 0.5) is 0 Å². The van der Waals surface area contributed by atoms with Crippen LogP contribution in [0.25, 0.3) is 5.73 Å². The fraction of sp³-hybridized carbons (Fsp3) is 0.733. The van der Waals surface area contributed by atoms with Crippen LogP contribution in [0.1, 0.15) is 48.0 Å². The molecule has 0 fully saturated rings. The minimum atomic E-state index is -0.250. The molecule has 0 aromatic carbocycles. The van der Waals surface area contributed by atoms with E-state index >= 15 is 0 Å². The third-order valence-corrected chi connectivity index (χ3v) is 1.50. The second kappa shape index (κ2) is 11.2. The van der Waals surface area contributed by atoms with E-state index in [2.05, 4.69) is 52.1 Å². The fourth-order valence-electron chi connectivity index (χ4n) is 0.920. The van der Waals surface area contributed by atoms with Gasteiger partial charge in [-0.15, -0.1) is 12.0 Å². The second-order valence-electron chi connectivity index (χ2n) is 6.27. The molecule has 0 aromatic rings. The first-order chi connectivity index (χ1) is 7.52. The molecule has 1 aliphatic carbocycles. The van der Waals surface area contributed by atoms with Crippen LogP contribution in [-0.4, -0.2) is 15.1 Å². The van der Waals surface area contributed by atoms with Crippen LogP contribution < -0.4 is 0 Å². The summed E-state index contributed by atoms with van der Waals surface area (Å²) in [5.74, 6) is 0. The molecule has 0 bridgehead atoms. The Morgan fingerprint density at radius 3 is 1.56 bits per heavy atom. The first-order valence-electron chi connectivity index (χ1n) is 6.29. The summed E-state index contributed by atoms with van der Waals surface area (Å²) in [7, 11) is 0.750. The van der Waals surface area contributed by atoms with E-state index < -0.39 is 0 Å². The molecule has 0 aliphatic heterocycles. The van der Waals surface area contributed by atoms with Gasteiger partial charge in [0.1, 0.15) is 0 Å². The Hall–Kier alpha value is 0.371. The van der Waals surface area contributed by atoms with Gasteiger partial charge in [0.2, 0.25) is 0 Å². The Kier molecular flexibility index (Phi) is 14.6. The van der Waals surface area contributed by atoms with Crippen LogP contribution in [0.3, 0.4) is 0 Å². The Labute approximate surface area is 132 Å². The first kappa shape index (κ1) is 23.5. The Morgan fingerprint density at radius 2 is 1.44 bits per heavy atom. The van der Waals surface area contributed by atoms with Gasteiger partial charge in [0.05, 0.1) is 0 Å². The quantitative estimate of drug-likeness (QED) is 0.463. The number of hydrogen-bond acceptors (Lipinski definition) is 0. The summed E-state index contributed by atoms with van der Waals surface area (Å²) < 4.78 is 0. The average Bonchev–Trinajstić information content (AvgIpc) is 2.51. The molecule has 1 rings (SSSR count). The van der Waals surface area contributed by atoms with E-state index in [1.54, 1.807) is 0 Å². The van der Waals surface area contributed by atoms with Crippen molar-refractivity contribution in [2.24, 2.45) is 5.41 Å². The van der Waals surface area contributed by atoms with Crippen LogP contribution >= 0.6 is 0 Å². The molecule has 0 spiro atoms. The SMILES string of the molecule is CC(C)(C)C1=[C-]CC=C1.CC(C)(C)[NH-].C[SiH]C.[TiH2]. The summed E-state index contributed by atoms with van der Waals surface area (Å²) in [5, 5.41) is 0. The predicted molar refractivity (Wildman–Crippen MR) is 85.7 cm³/mol. The van der Waals surface area contributed by atoms with Gasteiger partial charge in [-0.05, 0) is 5.41 Å². The van der Waals surface area contributed by atoms with E-state index in [1.165, 1.54) is 5.57 Å². The molecule has 1 radical (unpaired) electrons. The van der Waals surface area contributed by atoms with Gasteiger partial charge in [0.15, 0.2) is 0 Å². The molecule has 0 saturated heterocycles. The van der Waals surface area contributed by atoms with Gasteiger partial charge in [-0.3, -0.25) is 6.08 Å². The van der Waals surface area contributed by atoms with Crippen molar-refractivity contribution in [3.8, 4) is 0 Å². The van der Waals surface area contributed by atoms with Gasteiger partial charge < -0.3 is 5.73 Å². The molecule has 0 atom stereocenters. The third kappa shape index (κ3) is 21.6. The average molecular weight is 302 g/mol. The molecule has 107 valence electrons. The number of allylic oxidation sites excluding steroid dienone is 4. The molecular formula is C15H32NSiTi-2. The van der Waals surface area contributed by atoms with Crippen LogP contribution in [0, 0.1) is 11.5 Å². The van der Waals surface area contributed by atoms with Gasteiger partial charge in [-0.2, -0.15) is 6.08 Å². The number of nitrogens with one attached hydrogen (secondary N) is 1. The van der Waals surface area contributed by atoms with Crippen molar-refractivity contribution < 1.29 is 21.7 Å². The van der Waals surface area contributed by atoms with E-state index in [4.69, 9.17) is 5.73 Å². The maximum absolute atomic E-state index is 6.94. The molecule has 1 nitrogen and oxygen atoms in total. The van der Waals surface area contributed by atoms with E-state index in [0.29, 0.717) is 5.41 Å². The summed E-state index contributed by atoms with van der Waals surface area (Å²) >= 11 is 0. The van der Waals surface area contributed by atoms with E-state index in [0.717, 1.165) is 15.9 Å². The van der Waals surface area contributed by atoms with Crippen molar-refractivity contribution in [3.63, 3.8) is 0 Å². The molecule has 0 aromatic heterocycles. The Bertz CT molecular complexity index is 238. The predicted octanol–water partition coefficient (Wildman–Crippen LogP) is 4.54. The molecule has 1 N–H and O–H groups in total. The summed E-state index contributed by atoms with van der Waals surface area (Å²) in [6.07, 6.45) is 8.63. The monoisotopic (exact) mass is 302 g/mol. The van der Waals surface area contributed by atoms with E-state index in [1.807, 2.05) is 20.8 Å². The molecule has 3 heteroatoms. The zero-order valence-electron chi connectivity index (χ0n) is 13.6. The van der Waals surface area contributed by atoms with E-state index in [9.17, 15) is 0 Å². The van der Waals surface area contributed by atoms with Crippen LogP contribution in [0.5, 0.6) is 0 Å².